The quantitative estimate of drug-likeness (QED) is 0.172. The van der Waals surface area contributed by atoms with Crippen molar-refractivity contribution in [2.45, 2.75) is 5.41 Å². The lowest BCUT2D eigenvalue weighted by Crippen LogP contribution is -2.26. The van der Waals surface area contributed by atoms with Crippen molar-refractivity contribution in [1.82, 2.24) is 0 Å². The lowest BCUT2D eigenvalue weighted by Gasteiger charge is -2.32. The topological polar surface area (TPSA) is 16.4 Å². The zero-order chi connectivity index (χ0) is 42.6. The molecule has 0 radical (unpaired) electrons. The lowest BCUT2D eigenvalue weighted by molar-refractivity contribution is 0.672. The van der Waals surface area contributed by atoms with Crippen molar-refractivity contribution in [3.63, 3.8) is 0 Å². The molecule has 2 nitrogen and oxygen atoms in total. The smallest absolute Gasteiger partial charge is 0.143 e. The Hall–Kier alpha value is -8.46. The van der Waals surface area contributed by atoms with Crippen LogP contribution in [0.2, 0.25) is 0 Å². The van der Waals surface area contributed by atoms with Gasteiger partial charge in [-0.05, 0) is 120 Å². The molecule has 0 saturated heterocycles. The Labute approximate surface area is 376 Å². The number of benzene rings is 11. The molecule has 0 N–H and O–H groups in total. The molecule has 0 saturated carbocycles. The van der Waals surface area contributed by atoms with Gasteiger partial charge in [0.25, 0.3) is 0 Å². The van der Waals surface area contributed by atoms with E-state index in [0.717, 1.165) is 60.9 Å². The number of anilines is 3. The Kier molecular flexibility index (Phi) is 7.64. The zero-order valence-electron chi connectivity index (χ0n) is 35.4. The van der Waals surface area contributed by atoms with Crippen LogP contribution in [0.25, 0.3) is 88.0 Å². The molecule has 11 aromatic carbocycles. The maximum atomic E-state index is 6.50. The van der Waals surface area contributed by atoms with Gasteiger partial charge in [-0.1, -0.05) is 188 Å². The largest absolute Gasteiger partial charge is 0.455 e. The molecular weight excluding hydrogens is 787 g/mol. The summed E-state index contributed by atoms with van der Waals surface area (Å²) in [6, 6.07) is 87.2. The number of para-hydroxylation sites is 2. The molecular formula is C63H39NO. The second-order valence-electron chi connectivity index (χ2n) is 17.5. The molecule has 1 aromatic heterocycles. The predicted molar refractivity (Wildman–Crippen MR) is 271 cm³/mol. The fraction of sp³-hybridized carbons (Fsp3) is 0.0159. The molecule has 2 aliphatic rings. The van der Waals surface area contributed by atoms with Gasteiger partial charge in [-0.2, -0.15) is 0 Å². The number of fused-ring (bicyclic) bond motifs is 16. The fourth-order valence-electron chi connectivity index (χ4n) is 11.6. The van der Waals surface area contributed by atoms with E-state index in [1.165, 1.54) is 66.4 Å². The van der Waals surface area contributed by atoms with Gasteiger partial charge in [0, 0.05) is 33.0 Å². The Bertz CT molecular complexity index is 3860. The molecule has 65 heavy (non-hydrogen) atoms. The minimum Gasteiger partial charge on any atom is -0.455 e. The lowest BCUT2D eigenvalue weighted by atomic mass is 9.70. The first kappa shape index (κ1) is 36.1. The summed E-state index contributed by atoms with van der Waals surface area (Å²) in [4.78, 5) is 2.51. The fourth-order valence-corrected chi connectivity index (χ4v) is 11.6. The van der Waals surface area contributed by atoms with Crippen LogP contribution in [0.4, 0.5) is 17.1 Å². The first-order valence-electron chi connectivity index (χ1n) is 22.5. The molecule has 0 unspecified atom stereocenters. The summed E-state index contributed by atoms with van der Waals surface area (Å²) in [5.41, 5.74) is 19.9. The third-order valence-corrected chi connectivity index (χ3v) is 14.3. The van der Waals surface area contributed by atoms with Crippen LogP contribution in [-0.2, 0) is 5.41 Å². The van der Waals surface area contributed by atoms with Crippen molar-refractivity contribution in [2.24, 2.45) is 0 Å². The van der Waals surface area contributed by atoms with E-state index in [1.54, 1.807) is 0 Å². The molecule has 1 heterocycles. The average Bonchev–Trinajstić information content (AvgIpc) is 4.01. The monoisotopic (exact) mass is 825 g/mol. The van der Waals surface area contributed by atoms with Crippen LogP contribution < -0.4 is 4.90 Å². The molecule has 0 bridgehead atoms. The molecule has 14 rings (SSSR count). The number of hydrogen-bond donors (Lipinski definition) is 0. The van der Waals surface area contributed by atoms with Gasteiger partial charge in [0.15, 0.2) is 0 Å². The van der Waals surface area contributed by atoms with Crippen molar-refractivity contribution < 1.29 is 4.42 Å². The third kappa shape index (κ3) is 5.05. The number of rotatable bonds is 5. The van der Waals surface area contributed by atoms with Crippen LogP contribution in [0.1, 0.15) is 22.3 Å². The number of furan rings is 1. The highest BCUT2D eigenvalue weighted by molar-refractivity contribution is 6.15. The molecule has 0 atom stereocenters. The maximum Gasteiger partial charge on any atom is 0.143 e. The first-order chi connectivity index (χ1) is 32.3. The second-order valence-corrected chi connectivity index (χ2v) is 17.5. The minimum absolute atomic E-state index is 0.459. The summed E-state index contributed by atoms with van der Waals surface area (Å²) in [6.45, 7) is 0. The summed E-state index contributed by atoms with van der Waals surface area (Å²) in [7, 11) is 0. The van der Waals surface area contributed by atoms with Crippen molar-refractivity contribution in [1.29, 1.82) is 0 Å². The van der Waals surface area contributed by atoms with Crippen LogP contribution in [0.15, 0.2) is 241 Å². The van der Waals surface area contributed by atoms with E-state index in [9.17, 15) is 0 Å². The van der Waals surface area contributed by atoms with Crippen molar-refractivity contribution in [3.8, 4) is 44.5 Å². The van der Waals surface area contributed by atoms with Gasteiger partial charge in [-0.25, -0.2) is 0 Å². The molecule has 1 spiro atoms. The van der Waals surface area contributed by atoms with Crippen molar-refractivity contribution >= 4 is 60.5 Å². The van der Waals surface area contributed by atoms with Crippen LogP contribution in [-0.4, -0.2) is 0 Å². The third-order valence-electron chi connectivity index (χ3n) is 14.3. The second kappa shape index (κ2) is 13.8. The molecule has 2 aliphatic carbocycles. The standard InChI is InChI=1S/C63H39NO/c1-2-17-45-40(15-1)16-13-23-46(45)41-31-35-44(36-32-41)64(58-28-11-6-18-47(58)42-33-37-48-43(39-42)34-38-52-51-21-7-12-30-60(51)65-62(48)52)59-29-14-27-57-61(59)53-22-5-10-26-56(53)63(57)54-24-8-3-19-49(54)50-20-4-9-25-55(50)63/h1-39H. The molecule has 0 fully saturated rings. The minimum atomic E-state index is -0.459. The van der Waals surface area contributed by atoms with E-state index in [1.807, 2.05) is 6.07 Å². The maximum absolute atomic E-state index is 6.50. The van der Waals surface area contributed by atoms with Crippen LogP contribution >= 0.6 is 0 Å². The van der Waals surface area contributed by atoms with Crippen LogP contribution in [0.5, 0.6) is 0 Å². The van der Waals surface area contributed by atoms with Gasteiger partial charge >= 0.3 is 0 Å². The highest BCUT2D eigenvalue weighted by Gasteiger charge is 2.52. The number of nitrogens with zero attached hydrogens (tertiary/aromatic N) is 1. The summed E-state index contributed by atoms with van der Waals surface area (Å²) in [6.07, 6.45) is 0. The summed E-state index contributed by atoms with van der Waals surface area (Å²) in [5, 5.41) is 7.03. The Morgan fingerprint density at radius 2 is 0.877 bits per heavy atom. The molecule has 0 aliphatic heterocycles. The Morgan fingerprint density at radius 1 is 0.323 bits per heavy atom. The SMILES string of the molecule is c1ccc(N(c2ccc(-c3cccc4ccccc34)cc2)c2cccc3c2-c2ccccc2C32c3ccccc3-c3ccccc32)c(-c2ccc3c(ccc4c5ccccc5oc34)c2)c1. The van der Waals surface area contributed by atoms with E-state index in [-0.39, 0.29) is 0 Å². The van der Waals surface area contributed by atoms with Gasteiger partial charge in [0.1, 0.15) is 11.2 Å². The first-order valence-corrected chi connectivity index (χ1v) is 22.5. The van der Waals surface area contributed by atoms with E-state index in [4.69, 9.17) is 4.42 Å². The summed E-state index contributed by atoms with van der Waals surface area (Å²) < 4.78 is 6.50. The molecule has 0 amide bonds. The average molecular weight is 826 g/mol. The zero-order valence-corrected chi connectivity index (χ0v) is 35.4. The van der Waals surface area contributed by atoms with E-state index >= 15 is 0 Å². The van der Waals surface area contributed by atoms with Crippen LogP contribution in [0, 0.1) is 0 Å². The predicted octanol–water partition coefficient (Wildman–Crippen LogP) is 17.0. The Morgan fingerprint density at radius 3 is 1.68 bits per heavy atom. The summed E-state index contributed by atoms with van der Waals surface area (Å²) in [5.74, 6) is 0. The molecule has 302 valence electrons. The van der Waals surface area contributed by atoms with E-state index < -0.39 is 5.41 Å². The van der Waals surface area contributed by atoms with Gasteiger partial charge in [0.05, 0.1) is 16.8 Å². The van der Waals surface area contributed by atoms with Gasteiger partial charge in [-0.3, -0.25) is 0 Å². The van der Waals surface area contributed by atoms with Gasteiger partial charge in [0.2, 0.25) is 0 Å². The van der Waals surface area contributed by atoms with Crippen molar-refractivity contribution in [2.75, 3.05) is 4.90 Å². The molecule has 12 aromatic rings. The summed E-state index contributed by atoms with van der Waals surface area (Å²) >= 11 is 0. The molecule has 2 heteroatoms. The highest BCUT2D eigenvalue weighted by Crippen LogP contribution is 2.65. The van der Waals surface area contributed by atoms with Gasteiger partial charge < -0.3 is 9.32 Å². The number of hydrogen-bond acceptors (Lipinski definition) is 2. The van der Waals surface area contributed by atoms with E-state index in [0.29, 0.717) is 0 Å². The van der Waals surface area contributed by atoms with Crippen LogP contribution in [0.3, 0.4) is 0 Å². The highest BCUT2D eigenvalue weighted by atomic mass is 16.3. The van der Waals surface area contributed by atoms with Gasteiger partial charge in [-0.15, -0.1) is 0 Å². The Balaban J connectivity index is 1.01. The van der Waals surface area contributed by atoms with E-state index in [2.05, 4.69) is 235 Å². The normalized spacial score (nSPS) is 13.0. The van der Waals surface area contributed by atoms with Crippen molar-refractivity contribution in [3.05, 3.63) is 259 Å².